The van der Waals surface area contributed by atoms with E-state index in [1.165, 1.54) is 12.1 Å². The van der Waals surface area contributed by atoms with Gasteiger partial charge in [-0.1, -0.05) is 0 Å². The fourth-order valence-corrected chi connectivity index (χ4v) is 3.25. The average Bonchev–Trinajstić information content (AvgIpc) is 3.29. The van der Waals surface area contributed by atoms with Crippen LogP contribution in [0.25, 0.3) is 0 Å². The van der Waals surface area contributed by atoms with Gasteiger partial charge in [-0.2, -0.15) is 0 Å². The normalized spacial score (nSPS) is 16.0. The first-order valence-corrected chi connectivity index (χ1v) is 8.75. The average molecular weight is 347 g/mol. The van der Waals surface area contributed by atoms with Crippen molar-refractivity contribution in [3.63, 3.8) is 0 Å². The molecule has 5 nitrogen and oxygen atoms in total. The second kappa shape index (κ2) is 7.44. The van der Waals surface area contributed by atoms with Crippen LogP contribution in [-0.4, -0.2) is 32.2 Å². The number of hydrogen-bond donors (Lipinski definition) is 2. The van der Waals surface area contributed by atoms with Gasteiger partial charge in [-0.25, -0.2) is 8.42 Å². The van der Waals surface area contributed by atoms with Crippen LogP contribution in [0.15, 0.2) is 29.2 Å². The zero-order valence-electron chi connectivity index (χ0n) is 12.8. The van der Waals surface area contributed by atoms with Crippen molar-refractivity contribution in [1.82, 2.24) is 5.32 Å². The maximum Gasteiger partial charge on any atom is 0.251 e. The number of hydrogen-bond acceptors (Lipinski definition) is 4. The van der Waals surface area contributed by atoms with Crippen LogP contribution in [0.1, 0.15) is 37.0 Å². The second-order valence-electron chi connectivity index (χ2n) is 5.77. The van der Waals surface area contributed by atoms with Gasteiger partial charge in [0.1, 0.15) is 0 Å². The molecule has 0 saturated heterocycles. The SMILES string of the molecule is CC(C)S(=O)(=O)c1ccc(C(=O)NC(CN)C2CC2)cc1.Cl. The molecule has 1 aromatic carbocycles. The third-order valence-corrected chi connectivity index (χ3v) is 6.00. The predicted octanol–water partition coefficient (Wildman–Crippen LogP) is 1.76. The van der Waals surface area contributed by atoms with Gasteiger partial charge < -0.3 is 11.1 Å². The van der Waals surface area contributed by atoms with Gasteiger partial charge in [0.25, 0.3) is 5.91 Å². The van der Waals surface area contributed by atoms with Crippen LogP contribution in [0, 0.1) is 5.92 Å². The van der Waals surface area contributed by atoms with Crippen LogP contribution in [-0.2, 0) is 9.84 Å². The van der Waals surface area contributed by atoms with Crippen LogP contribution in [0.3, 0.4) is 0 Å². The lowest BCUT2D eigenvalue weighted by Gasteiger charge is -2.16. The number of carbonyl (C=O) groups is 1. The lowest BCUT2D eigenvalue weighted by atomic mass is 10.1. The molecule has 1 aliphatic rings. The van der Waals surface area contributed by atoms with Crippen LogP contribution in [0.4, 0.5) is 0 Å². The number of nitrogens with one attached hydrogen (secondary N) is 1. The first-order chi connectivity index (χ1) is 9.86. The minimum Gasteiger partial charge on any atom is -0.348 e. The number of sulfone groups is 1. The molecule has 0 bridgehead atoms. The highest BCUT2D eigenvalue weighted by molar-refractivity contribution is 7.92. The van der Waals surface area contributed by atoms with Crippen molar-refractivity contribution in [2.24, 2.45) is 11.7 Å². The van der Waals surface area contributed by atoms with Gasteiger partial charge in [0.2, 0.25) is 0 Å². The van der Waals surface area contributed by atoms with E-state index in [4.69, 9.17) is 5.73 Å². The van der Waals surface area contributed by atoms with Crippen LogP contribution in [0.2, 0.25) is 0 Å². The summed E-state index contributed by atoms with van der Waals surface area (Å²) in [6.45, 7) is 3.70. The van der Waals surface area contributed by atoms with Crippen molar-refractivity contribution < 1.29 is 13.2 Å². The molecule has 1 aliphatic carbocycles. The van der Waals surface area contributed by atoms with Crippen molar-refractivity contribution in [3.05, 3.63) is 29.8 Å². The number of carbonyl (C=O) groups excluding carboxylic acids is 1. The molecule has 1 amide bonds. The van der Waals surface area contributed by atoms with E-state index >= 15 is 0 Å². The van der Waals surface area contributed by atoms with Crippen LogP contribution in [0.5, 0.6) is 0 Å². The highest BCUT2D eigenvalue weighted by Gasteiger charge is 2.31. The van der Waals surface area contributed by atoms with E-state index in [9.17, 15) is 13.2 Å². The molecule has 7 heteroatoms. The molecular weight excluding hydrogens is 324 g/mol. The summed E-state index contributed by atoms with van der Waals surface area (Å²) in [6.07, 6.45) is 2.21. The van der Waals surface area contributed by atoms with Gasteiger partial charge in [-0.05, 0) is 56.9 Å². The number of rotatable bonds is 6. The number of nitrogens with two attached hydrogens (primary N) is 1. The molecule has 0 aliphatic heterocycles. The van der Waals surface area contributed by atoms with Crippen molar-refractivity contribution in [2.45, 2.75) is 42.9 Å². The summed E-state index contributed by atoms with van der Waals surface area (Å²) in [6, 6.07) is 6.07. The highest BCUT2D eigenvalue weighted by atomic mass is 35.5. The first-order valence-electron chi connectivity index (χ1n) is 7.21. The first kappa shape index (κ1) is 18.9. The summed E-state index contributed by atoms with van der Waals surface area (Å²) in [5.41, 5.74) is 6.12. The molecule has 1 saturated carbocycles. The molecule has 0 spiro atoms. The summed E-state index contributed by atoms with van der Waals surface area (Å²) in [5.74, 6) is 0.283. The summed E-state index contributed by atoms with van der Waals surface area (Å²) >= 11 is 0. The highest BCUT2D eigenvalue weighted by Crippen LogP contribution is 2.32. The topological polar surface area (TPSA) is 89.3 Å². The van der Waals surface area contributed by atoms with Crippen molar-refractivity contribution in [2.75, 3.05) is 6.54 Å². The summed E-state index contributed by atoms with van der Waals surface area (Å²) < 4.78 is 24.0. The Morgan fingerprint density at radius 3 is 2.23 bits per heavy atom. The lowest BCUT2D eigenvalue weighted by Crippen LogP contribution is -2.41. The van der Waals surface area contributed by atoms with E-state index in [0.29, 0.717) is 18.0 Å². The van der Waals surface area contributed by atoms with Crippen LogP contribution >= 0.6 is 12.4 Å². The molecule has 2 rings (SSSR count). The molecule has 1 atom stereocenters. The number of halogens is 1. The Kier molecular flexibility index (Phi) is 6.40. The summed E-state index contributed by atoms with van der Waals surface area (Å²) in [5, 5.41) is 2.43. The van der Waals surface area contributed by atoms with Gasteiger partial charge in [0.15, 0.2) is 9.84 Å². The molecular formula is C15H23ClN2O3S. The Balaban J connectivity index is 0.00000242. The maximum atomic E-state index is 12.1. The fourth-order valence-electron chi connectivity index (χ4n) is 2.19. The zero-order valence-corrected chi connectivity index (χ0v) is 14.4. The van der Waals surface area contributed by atoms with Crippen molar-refractivity contribution >= 4 is 28.2 Å². The molecule has 1 unspecified atom stereocenters. The molecule has 0 aromatic heterocycles. The van der Waals surface area contributed by atoms with Gasteiger partial charge in [0.05, 0.1) is 10.1 Å². The smallest absolute Gasteiger partial charge is 0.251 e. The van der Waals surface area contributed by atoms with Crippen molar-refractivity contribution in [1.29, 1.82) is 0 Å². The largest absolute Gasteiger partial charge is 0.348 e. The Hall–Kier alpha value is -1.11. The van der Waals surface area contributed by atoms with E-state index in [2.05, 4.69) is 5.32 Å². The van der Waals surface area contributed by atoms with E-state index in [1.807, 2.05) is 0 Å². The van der Waals surface area contributed by atoms with E-state index < -0.39 is 15.1 Å². The quantitative estimate of drug-likeness (QED) is 0.821. The summed E-state index contributed by atoms with van der Waals surface area (Å²) in [7, 11) is -3.30. The van der Waals surface area contributed by atoms with E-state index in [-0.39, 0.29) is 29.3 Å². The van der Waals surface area contributed by atoms with Crippen LogP contribution < -0.4 is 11.1 Å². The van der Waals surface area contributed by atoms with Gasteiger partial charge >= 0.3 is 0 Å². The maximum absolute atomic E-state index is 12.1. The molecule has 3 N–H and O–H groups in total. The minimum atomic E-state index is -3.30. The lowest BCUT2D eigenvalue weighted by molar-refractivity contribution is 0.0933. The van der Waals surface area contributed by atoms with Gasteiger partial charge in [0, 0.05) is 18.2 Å². The Morgan fingerprint density at radius 1 is 1.27 bits per heavy atom. The standard InChI is InChI=1S/C15H22N2O3S.ClH/c1-10(2)21(19,20)13-7-5-12(6-8-13)15(18)17-14(9-16)11-3-4-11;/h5-8,10-11,14H,3-4,9,16H2,1-2H3,(H,17,18);1H. The van der Waals surface area contributed by atoms with Gasteiger partial charge in [-0.15, -0.1) is 12.4 Å². The third-order valence-electron chi connectivity index (χ3n) is 3.83. The fraction of sp³-hybridized carbons (Fsp3) is 0.533. The third kappa shape index (κ3) is 4.21. The number of benzene rings is 1. The molecule has 22 heavy (non-hydrogen) atoms. The zero-order chi connectivity index (χ0) is 15.6. The molecule has 0 radical (unpaired) electrons. The predicted molar refractivity (Wildman–Crippen MR) is 89.0 cm³/mol. The monoisotopic (exact) mass is 346 g/mol. The molecule has 1 aromatic rings. The van der Waals surface area contributed by atoms with Gasteiger partial charge in [-0.3, -0.25) is 4.79 Å². The molecule has 1 fully saturated rings. The Bertz CT molecular complexity index is 610. The Labute approximate surface area is 138 Å². The molecule has 0 heterocycles. The second-order valence-corrected chi connectivity index (χ2v) is 8.28. The minimum absolute atomic E-state index is 0. The number of amides is 1. The summed E-state index contributed by atoms with van der Waals surface area (Å²) in [4.78, 5) is 12.4. The van der Waals surface area contributed by atoms with E-state index in [1.54, 1.807) is 26.0 Å². The molecule has 124 valence electrons. The Morgan fingerprint density at radius 2 is 1.82 bits per heavy atom. The van der Waals surface area contributed by atoms with E-state index in [0.717, 1.165) is 12.8 Å². The van der Waals surface area contributed by atoms with Crippen molar-refractivity contribution in [3.8, 4) is 0 Å².